The Bertz CT molecular complexity index is 498. The van der Waals surface area contributed by atoms with Crippen LogP contribution in [-0.2, 0) is 6.67 Å². The SMILES string of the molecule is CC(c1ccccc1)N(Cn1cncn1)C(=O)O. The molecular formula is C12H14N4O2. The quantitative estimate of drug-likeness (QED) is 0.895. The highest BCUT2D eigenvalue weighted by atomic mass is 16.4. The molecular weight excluding hydrogens is 232 g/mol. The lowest BCUT2D eigenvalue weighted by Gasteiger charge is -2.26. The van der Waals surface area contributed by atoms with E-state index in [1.807, 2.05) is 37.3 Å². The van der Waals surface area contributed by atoms with Gasteiger partial charge in [0.05, 0.1) is 6.04 Å². The zero-order valence-electron chi connectivity index (χ0n) is 9.97. The molecule has 0 radical (unpaired) electrons. The number of carboxylic acid groups (broad SMARTS) is 1. The van der Waals surface area contributed by atoms with Gasteiger partial charge in [-0.2, -0.15) is 5.10 Å². The van der Waals surface area contributed by atoms with Gasteiger partial charge < -0.3 is 5.11 Å². The fourth-order valence-corrected chi connectivity index (χ4v) is 1.72. The first-order chi connectivity index (χ1) is 8.68. The van der Waals surface area contributed by atoms with Gasteiger partial charge in [0.1, 0.15) is 19.3 Å². The Morgan fingerprint density at radius 1 is 1.44 bits per heavy atom. The van der Waals surface area contributed by atoms with Crippen LogP contribution in [0.4, 0.5) is 4.79 Å². The molecule has 1 heterocycles. The highest BCUT2D eigenvalue weighted by Gasteiger charge is 2.21. The molecule has 0 aliphatic rings. The van der Waals surface area contributed by atoms with Crippen molar-refractivity contribution in [2.75, 3.05) is 0 Å². The van der Waals surface area contributed by atoms with Gasteiger partial charge in [0.15, 0.2) is 0 Å². The van der Waals surface area contributed by atoms with E-state index >= 15 is 0 Å². The Kier molecular flexibility index (Phi) is 3.57. The van der Waals surface area contributed by atoms with Crippen LogP contribution in [0.25, 0.3) is 0 Å². The van der Waals surface area contributed by atoms with Crippen molar-refractivity contribution in [3.05, 3.63) is 48.5 Å². The van der Waals surface area contributed by atoms with E-state index < -0.39 is 6.09 Å². The van der Waals surface area contributed by atoms with Crippen LogP contribution >= 0.6 is 0 Å². The Hall–Kier alpha value is -2.37. The summed E-state index contributed by atoms with van der Waals surface area (Å²) >= 11 is 0. The zero-order chi connectivity index (χ0) is 13.0. The predicted molar refractivity (Wildman–Crippen MR) is 64.7 cm³/mol. The first-order valence-electron chi connectivity index (χ1n) is 5.55. The average molecular weight is 246 g/mol. The summed E-state index contributed by atoms with van der Waals surface area (Å²) in [6.07, 6.45) is 1.89. The molecule has 0 fully saturated rings. The third-order valence-corrected chi connectivity index (χ3v) is 2.76. The standard InChI is InChI=1S/C12H14N4O2/c1-10(11-5-3-2-4-6-11)16(12(17)18)9-15-8-13-7-14-15/h2-8,10H,9H2,1H3,(H,17,18). The minimum absolute atomic E-state index is 0.158. The van der Waals surface area contributed by atoms with Crippen LogP contribution in [0.15, 0.2) is 43.0 Å². The van der Waals surface area contributed by atoms with E-state index in [9.17, 15) is 9.90 Å². The van der Waals surface area contributed by atoms with Gasteiger partial charge in [0.25, 0.3) is 0 Å². The van der Waals surface area contributed by atoms with Crippen molar-refractivity contribution in [3.63, 3.8) is 0 Å². The summed E-state index contributed by atoms with van der Waals surface area (Å²) in [6.45, 7) is 2.01. The van der Waals surface area contributed by atoms with E-state index in [0.29, 0.717) is 0 Å². The second-order valence-electron chi connectivity index (χ2n) is 3.92. The van der Waals surface area contributed by atoms with Gasteiger partial charge in [-0.3, -0.25) is 4.90 Å². The second-order valence-corrected chi connectivity index (χ2v) is 3.92. The van der Waals surface area contributed by atoms with Gasteiger partial charge in [-0.15, -0.1) is 0 Å². The molecule has 1 atom stereocenters. The molecule has 1 unspecified atom stereocenters. The van der Waals surface area contributed by atoms with Crippen LogP contribution in [0, 0.1) is 0 Å². The number of carbonyl (C=O) groups is 1. The van der Waals surface area contributed by atoms with Crippen molar-refractivity contribution in [1.82, 2.24) is 19.7 Å². The summed E-state index contributed by atoms with van der Waals surface area (Å²) in [7, 11) is 0. The molecule has 0 spiro atoms. The number of hydrogen-bond acceptors (Lipinski definition) is 3. The maximum atomic E-state index is 11.3. The summed E-state index contributed by atoms with van der Waals surface area (Å²) in [5.41, 5.74) is 0.944. The monoisotopic (exact) mass is 246 g/mol. The van der Waals surface area contributed by atoms with Gasteiger partial charge in [0.2, 0.25) is 0 Å². The van der Waals surface area contributed by atoms with Crippen LogP contribution < -0.4 is 0 Å². The lowest BCUT2D eigenvalue weighted by molar-refractivity contribution is 0.107. The number of amides is 1. The number of aromatic nitrogens is 3. The zero-order valence-corrected chi connectivity index (χ0v) is 9.97. The molecule has 0 saturated heterocycles. The molecule has 2 rings (SSSR count). The minimum Gasteiger partial charge on any atom is -0.465 e. The van der Waals surface area contributed by atoms with Gasteiger partial charge in [-0.25, -0.2) is 14.5 Å². The van der Waals surface area contributed by atoms with Crippen LogP contribution in [0.1, 0.15) is 18.5 Å². The molecule has 6 nitrogen and oxygen atoms in total. The smallest absolute Gasteiger partial charge is 0.409 e. The van der Waals surface area contributed by atoms with Crippen LogP contribution in [0.5, 0.6) is 0 Å². The molecule has 0 aliphatic heterocycles. The van der Waals surface area contributed by atoms with Gasteiger partial charge in [0, 0.05) is 0 Å². The number of nitrogens with zero attached hydrogens (tertiary/aromatic N) is 4. The van der Waals surface area contributed by atoms with E-state index in [1.54, 1.807) is 0 Å². The number of benzene rings is 1. The molecule has 1 amide bonds. The first-order valence-corrected chi connectivity index (χ1v) is 5.55. The number of hydrogen-bond donors (Lipinski definition) is 1. The topological polar surface area (TPSA) is 71.2 Å². The van der Waals surface area contributed by atoms with Gasteiger partial charge in [-0.1, -0.05) is 30.3 Å². The maximum absolute atomic E-state index is 11.3. The summed E-state index contributed by atoms with van der Waals surface area (Å²) in [5.74, 6) is 0. The molecule has 0 aliphatic carbocycles. The minimum atomic E-state index is -0.984. The molecule has 6 heteroatoms. The molecule has 0 bridgehead atoms. The van der Waals surface area contributed by atoms with Crippen molar-refractivity contribution in [1.29, 1.82) is 0 Å². The van der Waals surface area contributed by atoms with E-state index in [4.69, 9.17) is 0 Å². The average Bonchev–Trinajstić information content (AvgIpc) is 2.89. The lowest BCUT2D eigenvalue weighted by atomic mass is 10.1. The molecule has 0 saturated carbocycles. The maximum Gasteiger partial charge on any atom is 0.409 e. The fraction of sp³-hybridized carbons (Fsp3) is 0.250. The Morgan fingerprint density at radius 2 is 2.17 bits per heavy atom. The van der Waals surface area contributed by atoms with Crippen LogP contribution in [0.2, 0.25) is 0 Å². The third kappa shape index (κ3) is 2.65. The largest absolute Gasteiger partial charge is 0.465 e. The molecule has 18 heavy (non-hydrogen) atoms. The van der Waals surface area contributed by atoms with Gasteiger partial charge in [-0.05, 0) is 12.5 Å². The van der Waals surface area contributed by atoms with E-state index in [2.05, 4.69) is 10.1 Å². The van der Waals surface area contributed by atoms with E-state index in [1.165, 1.54) is 22.2 Å². The fourth-order valence-electron chi connectivity index (χ4n) is 1.72. The summed E-state index contributed by atoms with van der Waals surface area (Å²) in [6, 6.07) is 9.25. The van der Waals surface area contributed by atoms with E-state index in [-0.39, 0.29) is 12.7 Å². The van der Waals surface area contributed by atoms with Crippen LogP contribution in [0.3, 0.4) is 0 Å². The van der Waals surface area contributed by atoms with Crippen molar-refractivity contribution in [2.24, 2.45) is 0 Å². The number of rotatable bonds is 4. The first kappa shape index (κ1) is 12.1. The Balaban J connectivity index is 2.18. The third-order valence-electron chi connectivity index (χ3n) is 2.76. The predicted octanol–water partition coefficient (Wildman–Crippen LogP) is 1.98. The highest BCUT2D eigenvalue weighted by molar-refractivity contribution is 5.65. The van der Waals surface area contributed by atoms with Crippen molar-refractivity contribution >= 4 is 6.09 Å². The molecule has 94 valence electrons. The normalized spacial score (nSPS) is 12.1. The highest BCUT2D eigenvalue weighted by Crippen LogP contribution is 2.20. The summed E-state index contributed by atoms with van der Waals surface area (Å²) in [5, 5.41) is 13.2. The van der Waals surface area contributed by atoms with Crippen molar-refractivity contribution in [2.45, 2.75) is 19.6 Å². The molecule has 1 N–H and O–H groups in total. The van der Waals surface area contributed by atoms with Crippen molar-refractivity contribution < 1.29 is 9.90 Å². The Labute approximate surface area is 104 Å². The Morgan fingerprint density at radius 3 is 2.72 bits per heavy atom. The van der Waals surface area contributed by atoms with Gasteiger partial charge >= 0.3 is 6.09 Å². The summed E-state index contributed by atoms with van der Waals surface area (Å²) in [4.78, 5) is 16.4. The second kappa shape index (κ2) is 5.31. The van der Waals surface area contributed by atoms with Crippen molar-refractivity contribution in [3.8, 4) is 0 Å². The molecule has 2 aromatic rings. The summed E-state index contributed by atoms with van der Waals surface area (Å²) < 4.78 is 1.48. The lowest BCUT2D eigenvalue weighted by Crippen LogP contribution is -2.34. The molecule has 1 aromatic carbocycles. The van der Waals surface area contributed by atoms with E-state index in [0.717, 1.165) is 5.56 Å². The van der Waals surface area contributed by atoms with Crippen LogP contribution in [-0.4, -0.2) is 30.9 Å². The molecule has 1 aromatic heterocycles.